The van der Waals surface area contributed by atoms with Crippen molar-refractivity contribution in [1.82, 2.24) is 0 Å². The molecule has 4 nitrogen and oxygen atoms in total. The second-order valence-corrected chi connectivity index (χ2v) is 4.79. The van der Waals surface area contributed by atoms with Crippen molar-refractivity contribution in [3.8, 4) is 5.75 Å². The zero-order chi connectivity index (χ0) is 12.2. The molecular weight excluding hydrogens is 228 g/mol. The monoisotopic (exact) mass is 244 g/mol. The van der Waals surface area contributed by atoms with E-state index < -0.39 is 10.4 Å². The smallest absolute Gasteiger partial charge is 0.362 e. The van der Waals surface area contributed by atoms with Crippen molar-refractivity contribution in [2.75, 3.05) is 0 Å². The summed E-state index contributed by atoms with van der Waals surface area (Å²) in [6.45, 7) is 4.23. The van der Waals surface area contributed by atoms with Gasteiger partial charge in [0.1, 0.15) is 5.75 Å². The fourth-order valence-corrected chi connectivity index (χ4v) is 1.93. The van der Waals surface area contributed by atoms with Gasteiger partial charge >= 0.3 is 10.4 Å². The van der Waals surface area contributed by atoms with Crippen LogP contribution in [0.2, 0.25) is 0 Å². The minimum absolute atomic E-state index is 0.120. The predicted octanol–water partition coefficient (Wildman–Crippen LogP) is 2.77. The average molecular weight is 244 g/mol. The van der Waals surface area contributed by atoms with Crippen molar-refractivity contribution in [3.63, 3.8) is 0 Å². The van der Waals surface area contributed by atoms with Gasteiger partial charge in [-0.15, -0.1) is 0 Å². The van der Waals surface area contributed by atoms with Crippen LogP contribution in [0.25, 0.3) is 0 Å². The van der Waals surface area contributed by atoms with Gasteiger partial charge in [-0.3, -0.25) is 4.55 Å². The Bertz CT molecular complexity index is 422. The Morgan fingerprint density at radius 3 is 2.31 bits per heavy atom. The molecule has 0 aliphatic heterocycles. The van der Waals surface area contributed by atoms with Crippen LogP contribution in [0.1, 0.15) is 38.2 Å². The molecule has 0 bridgehead atoms. The summed E-state index contributed by atoms with van der Waals surface area (Å²) in [5, 5.41) is 0. The van der Waals surface area contributed by atoms with Crippen LogP contribution in [0, 0.1) is 0 Å². The molecule has 0 saturated carbocycles. The van der Waals surface area contributed by atoms with Crippen molar-refractivity contribution < 1.29 is 17.2 Å². The third-order valence-electron chi connectivity index (χ3n) is 2.37. The van der Waals surface area contributed by atoms with Crippen LogP contribution in [-0.2, 0) is 10.4 Å². The largest absolute Gasteiger partial charge is 0.446 e. The Labute approximate surface area is 96.2 Å². The predicted molar refractivity (Wildman–Crippen MR) is 61.9 cm³/mol. The summed E-state index contributed by atoms with van der Waals surface area (Å²) in [5.41, 5.74) is 1.13. The first-order chi connectivity index (χ1) is 7.42. The van der Waals surface area contributed by atoms with Gasteiger partial charge in [0, 0.05) is 0 Å². The van der Waals surface area contributed by atoms with Crippen molar-refractivity contribution >= 4 is 10.4 Å². The van der Waals surface area contributed by atoms with Gasteiger partial charge in [-0.2, -0.15) is 8.42 Å². The average Bonchev–Trinajstić information content (AvgIpc) is 2.16. The molecule has 0 aliphatic rings. The standard InChI is InChI=1S/C11H16O4S/c1-3-4-9(2)10-5-7-11(8-6-10)15-16(12,13)14/h5-9H,3-4H2,1-2H3,(H,12,13,14). The van der Waals surface area contributed by atoms with E-state index in [2.05, 4.69) is 18.0 Å². The van der Waals surface area contributed by atoms with Gasteiger partial charge in [0.05, 0.1) is 0 Å². The Morgan fingerprint density at radius 2 is 1.88 bits per heavy atom. The van der Waals surface area contributed by atoms with Crippen molar-refractivity contribution in [3.05, 3.63) is 29.8 Å². The van der Waals surface area contributed by atoms with Crippen LogP contribution in [0.5, 0.6) is 5.75 Å². The summed E-state index contributed by atoms with van der Waals surface area (Å²) in [5.74, 6) is 0.555. The molecule has 1 N–H and O–H groups in total. The minimum atomic E-state index is -4.42. The molecule has 1 atom stereocenters. The molecule has 0 aliphatic carbocycles. The third-order valence-corrected chi connectivity index (χ3v) is 2.78. The fraction of sp³-hybridized carbons (Fsp3) is 0.455. The first-order valence-corrected chi connectivity index (χ1v) is 6.55. The second-order valence-electron chi connectivity index (χ2n) is 3.77. The molecule has 16 heavy (non-hydrogen) atoms. The lowest BCUT2D eigenvalue weighted by Crippen LogP contribution is -2.06. The van der Waals surface area contributed by atoms with E-state index in [4.69, 9.17) is 4.55 Å². The highest BCUT2D eigenvalue weighted by Crippen LogP contribution is 2.23. The van der Waals surface area contributed by atoms with E-state index in [-0.39, 0.29) is 5.75 Å². The van der Waals surface area contributed by atoms with Crippen LogP contribution in [0.15, 0.2) is 24.3 Å². The van der Waals surface area contributed by atoms with E-state index >= 15 is 0 Å². The highest BCUT2D eigenvalue weighted by Gasteiger charge is 2.08. The van der Waals surface area contributed by atoms with Crippen LogP contribution < -0.4 is 4.18 Å². The molecule has 5 heteroatoms. The quantitative estimate of drug-likeness (QED) is 0.809. The number of hydrogen-bond acceptors (Lipinski definition) is 3. The summed E-state index contributed by atoms with van der Waals surface area (Å²) in [4.78, 5) is 0. The highest BCUT2D eigenvalue weighted by atomic mass is 32.3. The van der Waals surface area contributed by atoms with Gasteiger partial charge in [0.25, 0.3) is 0 Å². The summed E-state index contributed by atoms with van der Waals surface area (Å²) in [7, 11) is -4.42. The van der Waals surface area contributed by atoms with Crippen LogP contribution in [-0.4, -0.2) is 13.0 Å². The topological polar surface area (TPSA) is 63.6 Å². The lowest BCUT2D eigenvalue weighted by Gasteiger charge is -2.10. The van der Waals surface area contributed by atoms with Crippen LogP contribution in [0.4, 0.5) is 0 Å². The molecule has 1 aromatic carbocycles. The van der Waals surface area contributed by atoms with E-state index in [1.807, 2.05) is 0 Å². The zero-order valence-electron chi connectivity index (χ0n) is 9.38. The molecule has 0 amide bonds. The van der Waals surface area contributed by atoms with Gasteiger partial charge < -0.3 is 4.18 Å². The molecular formula is C11H16O4S. The van der Waals surface area contributed by atoms with E-state index in [9.17, 15) is 8.42 Å². The third kappa shape index (κ3) is 4.20. The molecule has 0 spiro atoms. The van der Waals surface area contributed by atoms with Crippen LogP contribution >= 0.6 is 0 Å². The summed E-state index contributed by atoms with van der Waals surface area (Å²) in [6, 6.07) is 6.69. The molecule has 90 valence electrons. The summed E-state index contributed by atoms with van der Waals surface area (Å²) in [6.07, 6.45) is 2.18. The Morgan fingerprint density at radius 1 is 1.31 bits per heavy atom. The van der Waals surface area contributed by atoms with Gasteiger partial charge in [0.2, 0.25) is 0 Å². The van der Waals surface area contributed by atoms with Gasteiger partial charge in [-0.25, -0.2) is 0 Å². The molecule has 0 radical (unpaired) electrons. The molecule has 1 rings (SSSR count). The van der Waals surface area contributed by atoms with Gasteiger partial charge in [-0.1, -0.05) is 32.4 Å². The van der Waals surface area contributed by atoms with E-state index in [1.165, 1.54) is 12.1 Å². The lowest BCUT2D eigenvalue weighted by molar-refractivity contribution is 0.386. The number of hydrogen-bond donors (Lipinski definition) is 1. The Balaban J connectivity index is 2.75. The van der Waals surface area contributed by atoms with Crippen molar-refractivity contribution in [2.24, 2.45) is 0 Å². The molecule has 1 unspecified atom stereocenters. The molecule has 1 aromatic rings. The van der Waals surface area contributed by atoms with E-state index in [1.54, 1.807) is 12.1 Å². The second kappa shape index (κ2) is 5.32. The maximum atomic E-state index is 10.5. The SMILES string of the molecule is CCCC(C)c1ccc(OS(=O)(=O)O)cc1. The summed E-state index contributed by atoms with van der Waals surface area (Å²) < 4.78 is 33.7. The number of rotatable bonds is 5. The zero-order valence-corrected chi connectivity index (χ0v) is 10.2. The lowest BCUT2D eigenvalue weighted by atomic mass is 9.97. The Kier molecular flexibility index (Phi) is 4.32. The molecule has 0 fully saturated rings. The first-order valence-electron chi connectivity index (χ1n) is 5.19. The Hall–Kier alpha value is -1.07. The number of benzene rings is 1. The molecule has 0 aromatic heterocycles. The maximum Gasteiger partial charge on any atom is 0.446 e. The van der Waals surface area contributed by atoms with Crippen molar-refractivity contribution in [1.29, 1.82) is 0 Å². The van der Waals surface area contributed by atoms with E-state index in [0.29, 0.717) is 5.92 Å². The minimum Gasteiger partial charge on any atom is -0.362 e. The fourth-order valence-electron chi connectivity index (χ4n) is 1.57. The highest BCUT2D eigenvalue weighted by molar-refractivity contribution is 7.81. The normalized spacial score (nSPS) is 13.4. The van der Waals surface area contributed by atoms with E-state index in [0.717, 1.165) is 18.4 Å². The molecule has 0 heterocycles. The maximum absolute atomic E-state index is 10.5. The molecule has 0 saturated heterocycles. The summed E-state index contributed by atoms with van der Waals surface area (Å²) >= 11 is 0. The first kappa shape index (κ1) is 13.0. The van der Waals surface area contributed by atoms with Gasteiger partial charge in [-0.05, 0) is 30.0 Å². The van der Waals surface area contributed by atoms with Crippen molar-refractivity contribution in [2.45, 2.75) is 32.6 Å². The van der Waals surface area contributed by atoms with Crippen LogP contribution in [0.3, 0.4) is 0 Å². The van der Waals surface area contributed by atoms with Gasteiger partial charge in [0.15, 0.2) is 0 Å².